The molecule has 8 heteroatoms. The number of rotatable bonds is 6. The van der Waals surface area contributed by atoms with Gasteiger partial charge in [-0.15, -0.1) is 6.58 Å². The normalized spacial score (nSPS) is 21.5. The Balaban J connectivity index is 1.81. The summed E-state index contributed by atoms with van der Waals surface area (Å²) in [4.78, 5) is 14.0. The Morgan fingerprint density at radius 3 is 2.41 bits per heavy atom. The highest BCUT2D eigenvalue weighted by atomic mass is 32.2. The molecule has 7 nitrogen and oxygen atoms in total. The Kier molecular flexibility index (Phi) is 5.60. The lowest BCUT2D eigenvalue weighted by Gasteiger charge is -2.37. The first-order chi connectivity index (χ1) is 10.4. The lowest BCUT2D eigenvalue weighted by atomic mass is 10.0. The molecule has 0 unspecified atom stereocenters. The third kappa shape index (κ3) is 4.28. The molecule has 2 rings (SSSR count). The summed E-state index contributed by atoms with van der Waals surface area (Å²) in [6, 6.07) is 0. The molecule has 2 saturated heterocycles. The first-order valence-corrected chi connectivity index (χ1v) is 9.33. The molecule has 1 spiro atoms. The number of sulfonamides is 1. The van der Waals surface area contributed by atoms with Crippen LogP contribution < -0.4 is 0 Å². The highest BCUT2D eigenvalue weighted by molar-refractivity contribution is 7.88. The van der Waals surface area contributed by atoms with Crippen LogP contribution in [0.1, 0.15) is 19.3 Å². The first-order valence-electron chi connectivity index (χ1n) is 7.48. The fraction of sp³-hybridized carbons (Fsp3) is 0.786. The van der Waals surface area contributed by atoms with E-state index in [1.807, 2.05) is 0 Å². The molecule has 2 aliphatic rings. The summed E-state index contributed by atoms with van der Waals surface area (Å²) in [5.74, 6) is -0.538. The SMILES string of the molecule is C=CCN(CCC(=O)N1CCC2(CC1)OCCO2)S(C)(=O)=O. The van der Waals surface area contributed by atoms with E-state index in [2.05, 4.69) is 6.58 Å². The first kappa shape index (κ1) is 17.4. The topological polar surface area (TPSA) is 76.2 Å². The van der Waals surface area contributed by atoms with Crippen molar-refractivity contribution in [2.75, 3.05) is 45.6 Å². The van der Waals surface area contributed by atoms with Gasteiger partial charge in [0.2, 0.25) is 15.9 Å². The summed E-state index contributed by atoms with van der Waals surface area (Å²) >= 11 is 0. The number of amides is 1. The zero-order chi connectivity index (χ0) is 16.2. The molecule has 2 aliphatic heterocycles. The molecule has 0 atom stereocenters. The number of carbonyl (C=O) groups is 1. The molecule has 0 aliphatic carbocycles. The number of nitrogens with zero attached hydrogens (tertiary/aromatic N) is 2. The number of piperidine rings is 1. The predicted molar refractivity (Wildman–Crippen MR) is 81.7 cm³/mol. The highest BCUT2D eigenvalue weighted by Crippen LogP contribution is 2.31. The summed E-state index contributed by atoms with van der Waals surface area (Å²) in [7, 11) is -3.32. The van der Waals surface area contributed by atoms with Crippen molar-refractivity contribution in [2.24, 2.45) is 0 Å². The Hall–Kier alpha value is -0.960. The van der Waals surface area contributed by atoms with E-state index in [-0.39, 0.29) is 25.4 Å². The third-order valence-corrected chi connectivity index (χ3v) is 5.34. The van der Waals surface area contributed by atoms with Crippen LogP contribution in [0.5, 0.6) is 0 Å². The number of hydrogen-bond acceptors (Lipinski definition) is 5. The van der Waals surface area contributed by atoms with Crippen LogP contribution in [0.25, 0.3) is 0 Å². The van der Waals surface area contributed by atoms with Crippen LogP contribution in [0.2, 0.25) is 0 Å². The maximum absolute atomic E-state index is 12.2. The number of hydrogen-bond donors (Lipinski definition) is 0. The molecule has 22 heavy (non-hydrogen) atoms. The van der Waals surface area contributed by atoms with Gasteiger partial charge in [-0.3, -0.25) is 4.79 Å². The van der Waals surface area contributed by atoms with E-state index < -0.39 is 15.8 Å². The van der Waals surface area contributed by atoms with Crippen molar-refractivity contribution in [2.45, 2.75) is 25.0 Å². The molecule has 0 aromatic heterocycles. The largest absolute Gasteiger partial charge is 0.347 e. The molecule has 0 aromatic carbocycles. The van der Waals surface area contributed by atoms with E-state index >= 15 is 0 Å². The third-order valence-electron chi connectivity index (χ3n) is 4.07. The molecule has 0 saturated carbocycles. The van der Waals surface area contributed by atoms with Gasteiger partial charge >= 0.3 is 0 Å². The van der Waals surface area contributed by atoms with E-state index in [1.165, 1.54) is 10.4 Å². The predicted octanol–water partition coefficient (Wildman–Crippen LogP) is 0.190. The molecule has 0 bridgehead atoms. The van der Waals surface area contributed by atoms with Crippen molar-refractivity contribution in [3.63, 3.8) is 0 Å². The Morgan fingerprint density at radius 1 is 1.32 bits per heavy atom. The van der Waals surface area contributed by atoms with Crippen molar-refractivity contribution in [3.05, 3.63) is 12.7 Å². The van der Waals surface area contributed by atoms with Crippen LogP contribution >= 0.6 is 0 Å². The zero-order valence-corrected chi connectivity index (χ0v) is 13.8. The highest BCUT2D eigenvalue weighted by Gasteiger charge is 2.40. The van der Waals surface area contributed by atoms with Crippen LogP contribution in [0.4, 0.5) is 0 Å². The summed E-state index contributed by atoms with van der Waals surface area (Å²) in [6.45, 7) is 6.33. The van der Waals surface area contributed by atoms with Crippen molar-refractivity contribution in [3.8, 4) is 0 Å². The van der Waals surface area contributed by atoms with Gasteiger partial charge in [-0.1, -0.05) is 6.08 Å². The van der Waals surface area contributed by atoms with Crippen LogP contribution in [0.15, 0.2) is 12.7 Å². The van der Waals surface area contributed by atoms with Crippen LogP contribution in [-0.4, -0.2) is 75.0 Å². The summed E-state index contributed by atoms with van der Waals surface area (Å²) in [5, 5.41) is 0. The van der Waals surface area contributed by atoms with Gasteiger partial charge in [-0.25, -0.2) is 8.42 Å². The fourth-order valence-electron chi connectivity index (χ4n) is 2.80. The second-order valence-corrected chi connectivity index (χ2v) is 7.63. The van der Waals surface area contributed by atoms with Gasteiger partial charge in [0.25, 0.3) is 0 Å². The van der Waals surface area contributed by atoms with Crippen LogP contribution in [-0.2, 0) is 24.3 Å². The standard InChI is InChI=1S/C14H24N2O5S/c1-3-7-16(22(2,18)19)8-4-13(17)15-9-5-14(6-10-15)20-11-12-21-14/h3H,1,4-12H2,2H3. The van der Waals surface area contributed by atoms with Crippen molar-refractivity contribution < 1.29 is 22.7 Å². The minimum atomic E-state index is -3.32. The Bertz CT molecular complexity index is 503. The minimum absolute atomic E-state index is 0.0365. The van der Waals surface area contributed by atoms with Gasteiger partial charge < -0.3 is 14.4 Å². The molecule has 0 N–H and O–H groups in total. The average Bonchev–Trinajstić information content (AvgIpc) is 2.91. The maximum atomic E-state index is 12.2. The minimum Gasteiger partial charge on any atom is -0.347 e. The van der Waals surface area contributed by atoms with Gasteiger partial charge in [0.1, 0.15) is 0 Å². The maximum Gasteiger partial charge on any atom is 0.223 e. The molecule has 0 radical (unpaired) electrons. The van der Waals surface area contributed by atoms with Crippen LogP contribution in [0, 0.1) is 0 Å². The second kappa shape index (κ2) is 7.08. The zero-order valence-electron chi connectivity index (χ0n) is 13.0. The molecule has 0 aromatic rings. The molecular formula is C14H24N2O5S. The lowest BCUT2D eigenvalue weighted by molar-refractivity contribution is -0.187. The molecule has 1 amide bonds. The Labute approximate surface area is 131 Å². The summed E-state index contributed by atoms with van der Waals surface area (Å²) in [6.07, 6.45) is 4.17. The van der Waals surface area contributed by atoms with E-state index in [0.29, 0.717) is 39.1 Å². The molecular weight excluding hydrogens is 308 g/mol. The summed E-state index contributed by atoms with van der Waals surface area (Å²) in [5.41, 5.74) is 0. The average molecular weight is 332 g/mol. The molecule has 2 fully saturated rings. The van der Waals surface area contributed by atoms with E-state index in [4.69, 9.17) is 9.47 Å². The quantitative estimate of drug-likeness (QED) is 0.649. The molecule has 126 valence electrons. The van der Waals surface area contributed by atoms with Gasteiger partial charge in [0.05, 0.1) is 19.5 Å². The molecule has 2 heterocycles. The number of likely N-dealkylation sites (tertiary alicyclic amines) is 1. The van der Waals surface area contributed by atoms with Crippen molar-refractivity contribution in [1.29, 1.82) is 0 Å². The van der Waals surface area contributed by atoms with E-state index in [0.717, 1.165) is 6.26 Å². The van der Waals surface area contributed by atoms with E-state index in [1.54, 1.807) is 4.90 Å². The Morgan fingerprint density at radius 2 is 1.91 bits per heavy atom. The monoisotopic (exact) mass is 332 g/mol. The smallest absolute Gasteiger partial charge is 0.223 e. The number of ether oxygens (including phenoxy) is 2. The van der Waals surface area contributed by atoms with Gasteiger partial charge in [0, 0.05) is 45.4 Å². The lowest BCUT2D eigenvalue weighted by Crippen LogP contribution is -2.48. The van der Waals surface area contributed by atoms with Gasteiger partial charge in [-0.2, -0.15) is 4.31 Å². The van der Waals surface area contributed by atoms with Gasteiger partial charge in [-0.05, 0) is 0 Å². The van der Waals surface area contributed by atoms with Crippen LogP contribution in [0.3, 0.4) is 0 Å². The number of carbonyl (C=O) groups excluding carboxylic acids is 1. The fourth-order valence-corrected chi connectivity index (χ4v) is 3.60. The van der Waals surface area contributed by atoms with Crippen molar-refractivity contribution >= 4 is 15.9 Å². The van der Waals surface area contributed by atoms with Crippen molar-refractivity contribution in [1.82, 2.24) is 9.21 Å². The summed E-state index contributed by atoms with van der Waals surface area (Å²) < 4.78 is 35.7. The van der Waals surface area contributed by atoms with Gasteiger partial charge in [0.15, 0.2) is 5.79 Å². The van der Waals surface area contributed by atoms with E-state index in [9.17, 15) is 13.2 Å². The second-order valence-electron chi connectivity index (χ2n) is 5.65.